The molecule has 0 heterocycles. The Labute approximate surface area is 77.3 Å². The molecule has 74 valence electrons. The first-order valence-electron chi connectivity index (χ1n) is 4.43. The molecule has 0 aromatic carbocycles. The topological polar surface area (TPSA) is 66.4 Å². The second-order valence-electron chi connectivity index (χ2n) is 4.24. The Morgan fingerprint density at radius 1 is 1.62 bits per heavy atom. The highest BCUT2D eigenvalue weighted by Gasteiger charge is 2.36. The summed E-state index contributed by atoms with van der Waals surface area (Å²) in [5, 5.41) is 11.0. The Balaban J connectivity index is 2.64. The standard InChI is InChI=1S/C9H15NO3/c1-9(2)5-6(11)3-4-7(9)10-8(12)13/h7,10H,3-5H2,1-2H3,(H,12,13). The van der Waals surface area contributed by atoms with E-state index in [0.717, 1.165) is 0 Å². The zero-order valence-electron chi connectivity index (χ0n) is 7.96. The molecule has 1 aliphatic rings. The maximum atomic E-state index is 11.1. The molecule has 1 rings (SSSR count). The van der Waals surface area contributed by atoms with Gasteiger partial charge in [0.05, 0.1) is 0 Å². The molecule has 0 radical (unpaired) electrons. The van der Waals surface area contributed by atoms with Gasteiger partial charge in [-0.3, -0.25) is 4.79 Å². The van der Waals surface area contributed by atoms with Crippen molar-refractivity contribution in [3.63, 3.8) is 0 Å². The average molecular weight is 185 g/mol. The van der Waals surface area contributed by atoms with Crippen LogP contribution in [-0.4, -0.2) is 23.0 Å². The van der Waals surface area contributed by atoms with Crippen molar-refractivity contribution in [3.8, 4) is 0 Å². The van der Waals surface area contributed by atoms with Crippen LogP contribution in [0, 0.1) is 5.41 Å². The van der Waals surface area contributed by atoms with Crippen LogP contribution in [0.2, 0.25) is 0 Å². The highest BCUT2D eigenvalue weighted by Crippen LogP contribution is 2.33. The minimum atomic E-state index is -1.01. The molecular formula is C9H15NO3. The molecule has 0 bridgehead atoms. The quantitative estimate of drug-likeness (QED) is 0.649. The molecule has 0 aliphatic heterocycles. The van der Waals surface area contributed by atoms with Gasteiger partial charge in [-0.15, -0.1) is 0 Å². The highest BCUT2D eigenvalue weighted by atomic mass is 16.4. The van der Waals surface area contributed by atoms with Gasteiger partial charge in [0.1, 0.15) is 5.78 Å². The summed E-state index contributed by atoms with van der Waals surface area (Å²) in [5.74, 6) is 0.230. The Bertz CT molecular complexity index is 235. The van der Waals surface area contributed by atoms with E-state index in [1.54, 1.807) is 0 Å². The summed E-state index contributed by atoms with van der Waals surface area (Å²) >= 11 is 0. The molecule has 2 N–H and O–H groups in total. The fraction of sp³-hybridized carbons (Fsp3) is 0.778. The molecule has 1 fully saturated rings. The van der Waals surface area contributed by atoms with E-state index in [2.05, 4.69) is 5.32 Å². The molecule has 0 spiro atoms. The molecule has 13 heavy (non-hydrogen) atoms. The van der Waals surface area contributed by atoms with Crippen LogP contribution in [0.5, 0.6) is 0 Å². The zero-order chi connectivity index (χ0) is 10.1. The summed E-state index contributed by atoms with van der Waals surface area (Å²) in [6, 6.07) is -0.0947. The van der Waals surface area contributed by atoms with E-state index < -0.39 is 6.09 Å². The van der Waals surface area contributed by atoms with Crippen LogP contribution in [0.25, 0.3) is 0 Å². The molecule has 1 saturated carbocycles. The lowest BCUT2D eigenvalue weighted by molar-refractivity contribution is -0.123. The fourth-order valence-corrected chi connectivity index (χ4v) is 1.83. The zero-order valence-corrected chi connectivity index (χ0v) is 7.96. The van der Waals surface area contributed by atoms with E-state index in [4.69, 9.17) is 5.11 Å². The van der Waals surface area contributed by atoms with E-state index >= 15 is 0 Å². The Morgan fingerprint density at radius 3 is 2.69 bits per heavy atom. The fourth-order valence-electron chi connectivity index (χ4n) is 1.83. The van der Waals surface area contributed by atoms with Crippen molar-refractivity contribution in [3.05, 3.63) is 0 Å². The van der Waals surface area contributed by atoms with Gasteiger partial charge >= 0.3 is 6.09 Å². The van der Waals surface area contributed by atoms with Crippen LogP contribution in [0.3, 0.4) is 0 Å². The Kier molecular flexibility index (Phi) is 2.59. The van der Waals surface area contributed by atoms with Gasteiger partial charge < -0.3 is 10.4 Å². The first kappa shape index (κ1) is 10.0. The number of carboxylic acid groups (broad SMARTS) is 1. The van der Waals surface area contributed by atoms with Crippen LogP contribution in [0.15, 0.2) is 0 Å². The van der Waals surface area contributed by atoms with Gasteiger partial charge in [-0.05, 0) is 11.8 Å². The molecule has 1 amide bonds. The summed E-state index contributed by atoms with van der Waals surface area (Å²) in [5.41, 5.74) is -0.242. The van der Waals surface area contributed by atoms with Crippen LogP contribution in [-0.2, 0) is 4.79 Å². The summed E-state index contributed by atoms with van der Waals surface area (Å²) in [4.78, 5) is 21.6. The number of carbonyl (C=O) groups excluding carboxylic acids is 1. The maximum Gasteiger partial charge on any atom is 0.404 e. The van der Waals surface area contributed by atoms with Crippen molar-refractivity contribution in [2.24, 2.45) is 5.41 Å². The minimum absolute atomic E-state index is 0.0947. The van der Waals surface area contributed by atoms with Gasteiger partial charge in [0, 0.05) is 18.9 Å². The van der Waals surface area contributed by atoms with E-state index in [9.17, 15) is 9.59 Å². The smallest absolute Gasteiger partial charge is 0.404 e. The van der Waals surface area contributed by atoms with Crippen molar-refractivity contribution in [1.29, 1.82) is 0 Å². The number of hydrogen-bond donors (Lipinski definition) is 2. The molecule has 1 aliphatic carbocycles. The van der Waals surface area contributed by atoms with Crippen LogP contribution in [0.4, 0.5) is 4.79 Å². The van der Waals surface area contributed by atoms with E-state index in [1.165, 1.54) is 0 Å². The molecular weight excluding hydrogens is 170 g/mol. The third-order valence-electron chi connectivity index (χ3n) is 2.61. The number of hydrogen-bond acceptors (Lipinski definition) is 2. The third-order valence-corrected chi connectivity index (χ3v) is 2.61. The maximum absolute atomic E-state index is 11.1. The molecule has 0 saturated heterocycles. The lowest BCUT2D eigenvalue weighted by Crippen LogP contribution is -2.48. The Hall–Kier alpha value is -1.06. The molecule has 0 aromatic heterocycles. The van der Waals surface area contributed by atoms with Gasteiger partial charge in [0.2, 0.25) is 0 Å². The Morgan fingerprint density at radius 2 is 2.23 bits per heavy atom. The summed E-state index contributed by atoms with van der Waals surface area (Å²) in [6.07, 6.45) is 0.581. The molecule has 0 aromatic rings. The van der Waals surface area contributed by atoms with E-state index in [-0.39, 0.29) is 17.2 Å². The average Bonchev–Trinajstić information content (AvgIpc) is 1.93. The largest absolute Gasteiger partial charge is 0.465 e. The molecule has 4 nitrogen and oxygen atoms in total. The normalized spacial score (nSPS) is 26.9. The van der Waals surface area contributed by atoms with Crippen molar-refractivity contribution >= 4 is 11.9 Å². The van der Waals surface area contributed by atoms with E-state index in [1.807, 2.05) is 13.8 Å². The van der Waals surface area contributed by atoms with Gasteiger partial charge in [-0.1, -0.05) is 13.8 Å². The third kappa shape index (κ3) is 2.44. The number of Topliss-reactive ketones (excluding diaryl/α,β-unsaturated/α-hetero) is 1. The van der Waals surface area contributed by atoms with Crippen molar-refractivity contribution < 1.29 is 14.7 Å². The monoisotopic (exact) mass is 185 g/mol. The van der Waals surface area contributed by atoms with Crippen molar-refractivity contribution in [2.45, 2.75) is 39.2 Å². The second-order valence-corrected chi connectivity index (χ2v) is 4.24. The van der Waals surface area contributed by atoms with Crippen LogP contribution in [0.1, 0.15) is 33.1 Å². The minimum Gasteiger partial charge on any atom is -0.465 e. The van der Waals surface area contributed by atoms with Gasteiger partial charge in [-0.2, -0.15) is 0 Å². The lowest BCUT2D eigenvalue weighted by atomic mass is 9.73. The number of amides is 1. The van der Waals surface area contributed by atoms with Gasteiger partial charge in [0.25, 0.3) is 0 Å². The first-order valence-corrected chi connectivity index (χ1v) is 4.43. The van der Waals surface area contributed by atoms with Crippen molar-refractivity contribution in [1.82, 2.24) is 5.32 Å². The summed E-state index contributed by atoms with van der Waals surface area (Å²) < 4.78 is 0. The SMILES string of the molecule is CC1(C)CC(=O)CCC1NC(=O)O. The predicted molar refractivity (Wildman–Crippen MR) is 47.6 cm³/mol. The molecule has 4 heteroatoms. The number of rotatable bonds is 1. The number of ketones is 1. The van der Waals surface area contributed by atoms with Crippen LogP contribution < -0.4 is 5.32 Å². The van der Waals surface area contributed by atoms with Gasteiger partial charge in [0.15, 0.2) is 0 Å². The van der Waals surface area contributed by atoms with Crippen LogP contribution >= 0.6 is 0 Å². The van der Waals surface area contributed by atoms with Gasteiger partial charge in [-0.25, -0.2) is 4.79 Å². The summed E-state index contributed by atoms with van der Waals surface area (Å²) in [7, 11) is 0. The molecule has 1 unspecified atom stereocenters. The second kappa shape index (κ2) is 3.36. The highest BCUT2D eigenvalue weighted by molar-refractivity contribution is 5.80. The predicted octanol–water partition coefficient (Wildman–Crippen LogP) is 1.40. The molecule has 1 atom stereocenters. The number of nitrogens with one attached hydrogen (secondary N) is 1. The van der Waals surface area contributed by atoms with E-state index in [0.29, 0.717) is 19.3 Å². The summed E-state index contributed by atoms with van der Waals surface area (Å²) in [6.45, 7) is 3.84. The first-order chi connectivity index (χ1) is 5.92. The number of carbonyl (C=O) groups is 2. The lowest BCUT2D eigenvalue weighted by Gasteiger charge is -2.37. The van der Waals surface area contributed by atoms with Crippen molar-refractivity contribution in [2.75, 3.05) is 0 Å².